The lowest BCUT2D eigenvalue weighted by atomic mass is 10.1. The Hall–Kier alpha value is -2.73. The van der Waals surface area contributed by atoms with E-state index in [0.717, 1.165) is 36.9 Å². The number of hydrogen-bond acceptors (Lipinski definition) is 4. The van der Waals surface area contributed by atoms with Crippen molar-refractivity contribution in [3.05, 3.63) is 59.2 Å². The summed E-state index contributed by atoms with van der Waals surface area (Å²) in [6.45, 7) is 5.79. The number of aliphatic imine (C=N–C) groups is 1. The molecule has 6 heteroatoms. The van der Waals surface area contributed by atoms with E-state index in [9.17, 15) is 0 Å². The highest BCUT2D eigenvalue weighted by atomic mass is 16.5. The van der Waals surface area contributed by atoms with Gasteiger partial charge in [0.1, 0.15) is 5.75 Å². The Kier molecular flexibility index (Phi) is 7.97. The Balaban J connectivity index is 1.53. The zero-order valence-corrected chi connectivity index (χ0v) is 18.6. The van der Waals surface area contributed by atoms with Gasteiger partial charge in [0.15, 0.2) is 5.96 Å². The number of benzene rings is 2. The van der Waals surface area contributed by atoms with Crippen LogP contribution in [0.3, 0.4) is 0 Å². The molecule has 3 rings (SSSR count). The van der Waals surface area contributed by atoms with Crippen LogP contribution in [0.5, 0.6) is 5.75 Å². The summed E-state index contributed by atoms with van der Waals surface area (Å²) in [4.78, 5) is 6.44. The van der Waals surface area contributed by atoms with Crippen LogP contribution in [-0.2, 0) is 17.8 Å². The lowest BCUT2D eigenvalue weighted by Crippen LogP contribution is -2.36. The smallest absolute Gasteiger partial charge is 0.191 e. The molecule has 0 bridgehead atoms. The average Bonchev–Trinajstić information content (AvgIpc) is 3.27. The van der Waals surface area contributed by atoms with E-state index in [1.807, 2.05) is 14.1 Å². The first-order valence-electron chi connectivity index (χ1n) is 10.6. The number of anilines is 1. The second-order valence-electron chi connectivity index (χ2n) is 7.99. The number of nitrogens with one attached hydrogen (secondary N) is 2. The lowest BCUT2D eigenvalue weighted by Gasteiger charge is -2.17. The van der Waals surface area contributed by atoms with Crippen molar-refractivity contribution >= 4 is 11.6 Å². The van der Waals surface area contributed by atoms with E-state index >= 15 is 0 Å². The molecule has 0 aliphatic carbocycles. The first kappa shape index (κ1) is 22.0. The molecule has 0 aromatic heterocycles. The normalized spacial score (nSPS) is 16.4. The molecule has 0 radical (unpaired) electrons. The maximum atomic E-state index is 6.14. The van der Waals surface area contributed by atoms with Gasteiger partial charge >= 0.3 is 0 Å². The molecule has 1 heterocycles. The van der Waals surface area contributed by atoms with Crippen LogP contribution in [-0.4, -0.2) is 46.9 Å². The highest BCUT2D eigenvalue weighted by Crippen LogP contribution is 2.22. The molecule has 162 valence electrons. The first-order valence-corrected chi connectivity index (χ1v) is 10.6. The van der Waals surface area contributed by atoms with E-state index in [-0.39, 0.29) is 0 Å². The van der Waals surface area contributed by atoms with Gasteiger partial charge in [-0.15, -0.1) is 0 Å². The third-order valence-corrected chi connectivity index (χ3v) is 5.30. The van der Waals surface area contributed by atoms with E-state index < -0.39 is 0 Å². The Bertz CT molecular complexity index is 828. The fourth-order valence-corrected chi connectivity index (χ4v) is 3.36. The zero-order valence-electron chi connectivity index (χ0n) is 18.6. The molecule has 1 aliphatic heterocycles. The van der Waals surface area contributed by atoms with E-state index in [1.165, 1.54) is 16.8 Å². The van der Waals surface area contributed by atoms with Crippen molar-refractivity contribution in [2.75, 3.05) is 45.9 Å². The third kappa shape index (κ3) is 6.39. The van der Waals surface area contributed by atoms with E-state index in [1.54, 1.807) is 7.05 Å². The minimum Gasteiger partial charge on any atom is -0.493 e. The van der Waals surface area contributed by atoms with Crippen LogP contribution < -0.4 is 20.3 Å². The largest absolute Gasteiger partial charge is 0.493 e. The Morgan fingerprint density at radius 1 is 1.13 bits per heavy atom. The molecular weight excluding hydrogens is 376 g/mol. The molecule has 30 heavy (non-hydrogen) atoms. The summed E-state index contributed by atoms with van der Waals surface area (Å²) in [5.41, 5.74) is 4.72. The number of nitrogens with zero attached hydrogens (tertiary/aromatic N) is 2. The van der Waals surface area contributed by atoms with Gasteiger partial charge in [0.2, 0.25) is 0 Å². The summed E-state index contributed by atoms with van der Waals surface area (Å²) < 4.78 is 11.6. The van der Waals surface area contributed by atoms with Crippen LogP contribution in [0.4, 0.5) is 5.69 Å². The summed E-state index contributed by atoms with van der Waals surface area (Å²) in [6.07, 6.45) is 1.07. The first-order chi connectivity index (χ1) is 14.5. The Morgan fingerprint density at radius 2 is 1.90 bits per heavy atom. The fraction of sp³-hybridized carbons (Fsp3) is 0.458. The number of ether oxygens (including phenoxy) is 2. The third-order valence-electron chi connectivity index (χ3n) is 5.30. The van der Waals surface area contributed by atoms with Gasteiger partial charge in [-0.3, -0.25) is 4.99 Å². The topological polar surface area (TPSA) is 58.1 Å². The summed E-state index contributed by atoms with van der Waals surface area (Å²) >= 11 is 0. The highest BCUT2D eigenvalue weighted by Gasteiger charge is 2.17. The van der Waals surface area contributed by atoms with Crippen molar-refractivity contribution in [3.8, 4) is 5.75 Å². The van der Waals surface area contributed by atoms with Gasteiger partial charge in [0, 0.05) is 58.0 Å². The van der Waals surface area contributed by atoms with Gasteiger partial charge in [0.25, 0.3) is 0 Å². The Labute approximate surface area is 180 Å². The summed E-state index contributed by atoms with van der Waals surface area (Å²) in [7, 11) is 5.88. The van der Waals surface area contributed by atoms with Gasteiger partial charge in [-0.25, -0.2) is 0 Å². The summed E-state index contributed by atoms with van der Waals surface area (Å²) in [5, 5.41) is 6.78. The van der Waals surface area contributed by atoms with Crippen LogP contribution in [0.15, 0.2) is 47.5 Å². The second kappa shape index (κ2) is 10.9. The quantitative estimate of drug-likeness (QED) is 0.516. The van der Waals surface area contributed by atoms with Crippen molar-refractivity contribution in [2.45, 2.75) is 26.4 Å². The number of hydrogen-bond donors (Lipinski definition) is 2. The van der Waals surface area contributed by atoms with Gasteiger partial charge in [-0.2, -0.15) is 0 Å². The second-order valence-corrected chi connectivity index (χ2v) is 7.99. The molecule has 1 aliphatic rings. The molecule has 0 amide bonds. The summed E-state index contributed by atoms with van der Waals surface area (Å²) in [6, 6.07) is 14.9. The lowest BCUT2D eigenvalue weighted by molar-refractivity contribution is 0.166. The van der Waals surface area contributed by atoms with Crippen LogP contribution in [0.1, 0.15) is 23.1 Å². The van der Waals surface area contributed by atoms with E-state index in [4.69, 9.17) is 9.47 Å². The highest BCUT2D eigenvalue weighted by molar-refractivity contribution is 5.79. The molecule has 0 spiro atoms. The van der Waals surface area contributed by atoms with Crippen molar-refractivity contribution in [1.82, 2.24) is 10.6 Å². The Morgan fingerprint density at radius 3 is 2.57 bits per heavy atom. The van der Waals surface area contributed by atoms with Gasteiger partial charge in [-0.05, 0) is 42.7 Å². The van der Waals surface area contributed by atoms with E-state index in [2.05, 4.69) is 69.9 Å². The van der Waals surface area contributed by atoms with Crippen LogP contribution in [0, 0.1) is 12.8 Å². The number of aryl methyl sites for hydroxylation is 1. The van der Waals surface area contributed by atoms with Crippen LogP contribution in [0.25, 0.3) is 0 Å². The SMILES string of the molecule is CN=C(NCc1ccc(N(C)C)cc1)NCc1ccc(C)cc1OCC1CCOC1. The van der Waals surface area contributed by atoms with Crippen molar-refractivity contribution in [2.24, 2.45) is 10.9 Å². The van der Waals surface area contributed by atoms with Crippen LogP contribution in [0.2, 0.25) is 0 Å². The minimum atomic E-state index is 0.486. The van der Waals surface area contributed by atoms with Gasteiger partial charge in [-0.1, -0.05) is 24.3 Å². The summed E-state index contributed by atoms with van der Waals surface area (Å²) in [5.74, 6) is 2.19. The predicted molar refractivity (Wildman–Crippen MR) is 123 cm³/mol. The zero-order chi connectivity index (χ0) is 21.3. The molecule has 1 saturated heterocycles. The molecule has 1 fully saturated rings. The van der Waals surface area contributed by atoms with Crippen LogP contribution >= 0.6 is 0 Å². The molecule has 2 aromatic carbocycles. The monoisotopic (exact) mass is 410 g/mol. The molecular formula is C24H34N4O2. The standard InChI is InChI=1S/C24H34N4O2/c1-18-5-8-21(23(13-18)30-17-20-11-12-29-16-20)15-27-24(25-2)26-14-19-6-9-22(10-7-19)28(3)4/h5-10,13,20H,11-12,14-17H2,1-4H3,(H2,25,26,27). The molecule has 1 unspecified atom stereocenters. The number of guanidine groups is 1. The van der Waals surface area contributed by atoms with Crippen molar-refractivity contribution < 1.29 is 9.47 Å². The maximum absolute atomic E-state index is 6.14. The average molecular weight is 411 g/mol. The molecule has 1 atom stereocenters. The van der Waals surface area contributed by atoms with Gasteiger partial charge in [0.05, 0.1) is 13.2 Å². The van der Waals surface area contributed by atoms with E-state index in [0.29, 0.717) is 25.6 Å². The fourth-order valence-electron chi connectivity index (χ4n) is 3.36. The molecule has 6 nitrogen and oxygen atoms in total. The molecule has 2 N–H and O–H groups in total. The predicted octanol–water partition coefficient (Wildman–Crippen LogP) is 3.34. The van der Waals surface area contributed by atoms with Gasteiger partial charge < -0.3 is 25.0 Å². The minimum absolute atomic E-state index is 0.486. The molecule has 0 saturated carbocycles. The van der Waals surface area contributed by atoms with Crippen molar-refractivity contribution in [1.29, 1.82) is 0 Å². The number of rotatable bonds is 8. The van der Waals surface area contributed by atoms with Crippen molar-refractivity contribution in [3.63, 3.8) is 0 Å². The molecule has 2 aromatic rings. The maximum Gasteiger partial charge on any atom is 0.191 e.